The Kier molecular flexibility index (Phi) is 2.06. The number of nitrogens with zero attached hydrogens (tertiary/aromatic N) is 2. The van der Waals surface area contributed by atoms with Crippen LogP contribution in [0.4, 0.5) is 0 Å². The first-order valence-electron chi connectivity index (χ1n) is 10.0. The van der Waals surface area contributed by atoms with E-state index in [9.17, 15) is 4.79 Å². The molecule has 2 heterocycles. The summed E-state index contributed by atoms with van der Waals surface area (Å²) in [5.41, 5.74) is 0.936. The number of H-pyrrole nitrogens is 1. The Hall–Kier alpha value is -3.28. The van der Waals surface area contributed by atoms with Crippen molar-refractivity contribution >= 4 is 21.8 Å². The zero-order valence-corrected chi connectivity index (χ0v) is 12.2. The number of aromatic nitrogens is 3. The Morgan fingerprint density at radius 3 is 2.75 bits per heavy atom. The zero-order valence-electron chi connectivity index (χ0n) is 18.2. The molecular formula is C18H15N3O3. The van der Waals surface area contributed by atoms with Crippen molar-refractivity contribution in [2.24, 2.45) is 0 Å². The van der Waals surface area contributed by atoms with Gasteiger partial charge in [-0.2, -0.15) is 0 Å². The second kappa shape index (κ2) is 5.42. The fraction of sp³-hybridized carbons (Fsp3) is 0.111. The lowest BCUT2D eigenvalue weighted by atomic mass is 10.1. The number of aromatic amines is 1. The monoisotopic (exact) mass is 327 g/mol. The van der Waals surface area contributed by atoms with Crippen LogP contribution in [0.25, 0.3) is 27.5 Å². The molecule has 0 amide bonds. The molecule has 2 aromatic heterocycles. The van der Waals surface area contributed by atoms with Gasteiger partial charge in [0.05, 0.1) is 44.4 Å². The van der Waals surface area contributed by atoms with Gasteiger partial charge in [-0.1, -0.05) is 6.07 Å². The summed E-state index contributed by atoms with van der Waals surface area (Å²) in [4.78, 5) is 17.1. The van der Waals surface area contributed by atoms with Crippen LogP contribution in [0.2, 0.25) is 0 Å². The summed E-state index contributed by atoms with van der Waals surface area (Å²) < 4.78 is 54.3. The Morgan fingerprint density at radius 2 is 1.92 bits per heavy atom. The third kappa shape index (κ3) is 2.11. The Bertz CT molecular complexity index is 1310. The zero-order chi connectivity index (χ0) is 21.7. The first-order chi connectivity index (χ1) is 14.0. The molecule has 0 aliphatic heterocycles. The maximum absolute atomic E-state index is 12.9. The maximum atomic E-state index is 12.9. The number of pyridine rings is 1. The van der Waals surface area contributed by atoms with Crippen molar-refractivity contribution in [1.29, 1.82) is 0 Å². The van der Waals surface area contributed by atoms with Gasteiger partial charge in [0, 0.05) is 23.7 Å². The molecule has 0 atom stereocenters. The fourth-order valence-corrected chi connectivity index (χ4v) is 2.67. The molecular weight excluding hydrogens is 306 g/mol. The third-order valence-electron chi connectivity index (χ3n) is 3.81. The Morgan fingerprint density at radius 1 is 1.08 bits per heavy atom. The van der Waals surface area contributed by atoms with Crippen molar-refractivity contribution in [3.8, 4) is 17.2 Å². The number of nitrogens with one attached hydrogen (secondary N) is 1. The van der Waals surface area contributed by atoms with Gasteiger partial charge in [-0.15, -0.1) is 0 Å². The highest BCUT2D eigenvalue weighted by molar-refractivity contribution is 6.03. The normalized spacial score (nSPS) is 15.8. The van der Waals surface area contributed by atoms with Crippen molar-refractivity contribution in [2.75, 3.05) is 14.1 Å². The molecule has 0 fully saturated rings. The van der Waals surface area contributed by atoms with E-state index in [1.165, 1.54) is 35.1 Å². The molecule has 0 aliphatic carbocycles. The third-order valence-corrected chi connectivity index (χ3v) is 3.81. The average molecular weight is 327 g/mol. The van der Waals surface area contributed by atoms with Crippen LogP contribution in [0, 0.1) is 0 Å². The van der Waals surface area contributed by atoms with Crippen molar-refractivity contribution in [1.82, 2.24) is 14.8 Å². The summed E-state index contributed by atoms with van der Waals surface area (Å²) in [5.74, 6) is 0.221. The second-order valence-electron chi connectivity index (χ2n) is 5.18. The van der Waals surface area contributed by atoms with Crippen molar-refractivity contribution < 1.29 is 17.7 Å². The minimum Gasteiger partial charge on any atom is -0.497 e. The molecule has 0 spiro atoms. The van der Waals surface area contributed by atoms with Crippen molar-refractivity contribution in [2.45, 2.75) is 0 Å². The standard InChI is InChI=1S/C18H15N3O3/c1-23-12-5-3-4-11(8-12)21-18(22)15-10-19-16-9-13(24-2)6-7-14(16)17(15)20-21/h3-10,20H,1-2H3/i1D3,2D3. The largest absolute Gasteiger partial charge is 0.497 e. The topological polar surface area (TPSA) is 69.1 Å². The van der Waals surface area contributed by atoms with Gasteiger partial charge in [0.1, 0.15) is 11.5 Å². The van der Waals surface area contributed by atoms with E-state index in [1.54, 1.807) is 18.2 Å². The predicted octanol–water partition coefficient (Wildman–Crippen LogP) is 2.88. The molecule has 0 aliphatic rings. The highest BCUT2D eigenvalue weighted by Gasteiger charge is 2.12. The van der Waals surface area contributed by atoms with Gasteiger partial charge < -0.3 is 9.47 Å². The molecule has 0 bridgehead atoms. The number of rotatable bonds is 3. The van der Waals surface area contributed by atoms with Crippen LogP contribution >= 0.6 is 0 Å². The van der Waals surface area contributed by atoms with Gasteiger partial charge in [-0.3, -0.25) is 14.9 Å². The van der Waals surface area contributed by atoms with Crippen LogP contribution in [-0.2, 0) is 0 Å². The summed E-state index contributed by atoms with van der Waals surface area (Å²) in [6, 6.07) is 10.7. The van der Waals surface area contributed by atoms with E-state index in [0.717, 1.165) is 0 Å². The van der Waals surface area contributed by atoms with Crippen molar-refractivity contribution in [3.63, 3.8) is 0 Å². The molecule has 4 rings (SSSR count). The van der Waals surface area contributed by atoms with Gasteiger partial charge in [0.2, 0.25) is 0 Å². The van der Waals surface area contributed by atoms with E-state index < -0.39 is 14.1 Å². The van der Waals surface area contributed by atoms with Crippen LogP contribution in [0.1, 0.15) is 8.22 Å². The maximum Gasteiger partial charge on any atom is 0.280 e. The smallest absolute Gasteiger partial charge is 0.280 e. The van der Waals surface area contributed by atoms with Crippen LogP contribution in [-0.4, -0.2) is 28.8 Å². The predicted molar refractivity (Wildman–Crippen MR) is 92.3 cm³/mol. The summed E-state index contributed by atoms with van der Waals surface area (Å²) >= 11 is 0. The van der Waals surface area contributed by atoms with E-state index in [1.807, 2.05) is 0 Å². The van der Waals surface area contributed by atoms with E-state index in [4.69, 9.17) is 17.7 Å². The number of methoxy groups -OCH3 is 2. The second-order valence-corrected chi connectivity index (χ2v) is 5.18. The SMILES string of the molecule is [2H]C([2H])([2H])Oc1cccc(-n2[nH]c3c(cnc4cc(OC([2H])([2H])[2H])ccc43)c2=O)c1. The molecule has 4 aromatic rings. The number of ether oxygens (including phenoxy) is 2. The highest BCUT2D eigenvalue weighted by Crippen LogP contribution is 2.25. The van der Waals surface area contributed by atoms with Gasteiger partial charge in [0.15, 0.2) is 0 Å². The highest BCUT2D eigenvalue weighted by atomic mass is 16.5. The quantitative estimate of drug-likeness (QED) is 0.628. The van der Waals surface area contributed by atoms with Gasteiger partial charge in [-0.25, -0.2) is 4.68 Å². The van der Waals surface area contributed by atoms with Gasteiger partial charge in [0.25, 0.3) is 5.56 Å². The lowest BCUT2D eigenvalue weighted by molar-refractivity contribution is 0.414. The minimum atomic E-state index is -2.61. The molecule has 120 valence electrons. The number of benzene rings is 2. The molecule has 1 N–H and O–H groups in total. The summed E-state index contributed by atoms with van der Waals surface area (Å²) in [6.07, 6.45) is 1.38. The van der Waals surface area contributed by atoms with E-state index in [-0.39, 0.29) is 17.1 Å². The van der Waals surface area contributed by atoms with E-state index in [2.05, 4.69) is 10.1 Å². The molecule has 24 heavy (non-hydrogen) atoms. The molecule has 0 saturated heterocycles. The first-order valence-corrected chi connectivity index (χ1v) is 7.02. The van der Waals surface area contributed by atoms with E-state index >= 15 is 0 Å². The lowest BCUT2D eigenvalue weighted by Crippen LogP contribution is -2.14. The van der Waals surface area contributed by atoms with E-state index in [0.29, 0.717) is 27.5 Å². The van der Waals surface area contributed by atoms with Gasteiger partial charge in [-0.05, 0) is 24.3 Å². The molecule has 0 unspecified atom stereocenters. The Balaban J connectivity index is 1.81. The molecule has 2 aromatic carbocycles. The van der Waals surface area contributed by atoms with Crippen LogP contribution in [0.15, 0.2) is 53.5 Å². The van der Waals surface area contributed by atoms with Gasteiger partial charge >= 0.3 is 0 Å². The average Bonchev–Trinajstić information content (AvgIpc) is 2.96. The first kappa shape index (κ1) is 9.12. The summed E-state index contributed by atoms with van der Waals surface area (Å²) in [5, 5.41) is 3.90. The number of fused-ring (bicyclic) bond motifs is 3. The van der Waals surface area contributed by atoms with Crippen LogP contribution in [0.3, 0.4) is 0 Å². The fourth-order valence-electron chi connectivity index (χ4n) is 2.67. The lowest BCUT2D eigenvalue weighted by Gasteiger charge is -2.04. The number of hydrogen-bond acceptors (Lipinski definition) is 4. The molecule has 0 radical (unpaired) electrons. The molecule has 6 nitrogen and oxygen atoms in total. The Labute approximate surface area is 145 Å². The molecule has 6 heteroatoms. The van der Waals surface area contributed by atoms with Crippen LogP contribution in [0.5, 0.6) is 11.5 Å². The minimum absolute atomic E-state index is 0.0903. The molecule has 0 saturated carbocycles. The van der Waals surface area contributed by atoms with Crippen LogP contribution < -0.4 is 15.0 Å². The number of hydrogen-bond donors (Lipinski definition) is 1. The summed E-state index contributed by atoms with van der Waals surface area (Å²) in [6.45, 7) is 0. The van der Waals surface area contributed by atoms with Crippen molar-refractivity contribution in [3.05, 3.63) is 59.0 Å². The summed E-state index contributed by atoms with van der Waals surface area (Å²) in [7, 11) is -5.20.